The van der Waals surface area contributed by atoms with E-state index in [1.165, 1.54) is 6.92 Å². The Kier molecular flexibility index (Phi) is 3.39. The minimum absolute atomic E-state index is 0.345. The van der Waals surface area contributed by atoms with E-state index >= 15 is 0 Å². The van der Waals surface area contributed by atoms with Crippen molar-refractivity contribution in [3.63, 3.8) is 0 Å². The van der Waals surface area contributed by atoms with Crippen LogP contribution in [0.2, 0.25) is 0 Å². The molecule has 2 heteroatoms. The van der Waals surface area contributed by atoms with Crippen LogP contribution >= 0.6 is 0 Å². The lowest BCUT2D eigenvalue weighted by Gasteiger charge is -2.13. The normalized spacial score (nSPS) is 14.8. The Morgan fingerprint density at radius 2 is 2.21 bits per heavy atom. The first-order valence-electron chi connectivity index (χ1n) is 4.85. The Hall–Kier alpha value is -1.18. The van der Waals surface area contributed by atoms with Crippen molar-refractivity contribution in [2.45, 2.75) is 32.4 Å². The van der Waals surface area contributed by atoms with Gasteiger partial charge in [-0.05, 0) is 24.5 Å². The van der Waals surface area contributed by atoms with Crippen molar-refractivity contribution in [1.29, 1.82) is 0 Å². The van der Waals surface area contributed by atoms with Crippen molar-refractivity contribution in [3.8, 4) is 0 Å². The van der Waals surface area contributed by atoms with Gasteiger partial charge in [0.15, 0.2) is 12.0 Å². The first kappa shape index (κ1) is 10.9. The molecule has 0 radical (unpaired) electrons. The molecule has 1 aromatic carbocycles. The van der Waals surface area contributed by atoms with E-state index in [2.05, 4.69) is 6.92 Å². The smallest absolute Gasteiger partial charge is 0.187 e. The fourth-order valence-electron chi connectivity index (χ4n) is 1.39. The van der Waals surface area contributed by atoms with Crippen molar-refractivity contribution in [1.82, 2.24) is 0 Å². The van der Waals surface area contributed by atoms with Crippen molar-refractivity contribution in [2.75, 3.05) is 0 Å². The van der Waals surface area contributed by atoms with Crippen molar-refractivity contribution < 1.29 is 9.18 Å². The minimum atomic E-state index is -1.86. The van der Waals surface area contributed by atoms with E-state index in [1.807, 2.05) is 6.07 Å². The molecule has 1 atom stereocenters. The highest BCUT2D eigenvalue weighted by Crippen LogP contribution is 2.23. The third-order valence-corrected chi connectivity index (χ3v) is 2.25. The van der Waals surface area contributed by atoms with Crippen LogP contribution in [0.1, 0.15) is 31.4 Å². The molecule has 0 aliphatic heterocycles. The van der Waals surface area contributed by atoms with Gasteiger partial charge < -0.3 is 0 Å². The highest BCUT2D eigenvalue weighted by atomic mass is 19.1. The second-order valence-corrected chi connectivity index (χ2v) is 3.64. The SMILES string of the molecule is CCCc1cccc(C(C)(F)C=O)c1. The summed E-state index contributed by atoms with van der Waals surface area (Å²) in [6, 6.07) is 7.15. The minimum Gasteiger partial charge on any atom is -0.299 e. The van der Waals surface area contributed by atoms with E-state index in [1.54, 1.807) is 18.2 Å². The maximum atomic E-state index is 13.6. The van der Waals surface area contributed by atoms with E-state index in [4.69, 9.17) is 0 Å². The lowest BCUT2D eigenvalue weighted by atomic mass is 9.96. The molecule has 0 fully saturated rings. The van der Waals surface area contributed by atoms with Gasteiger partial charge in [-0.15, -0.1) is 0 Å². The predicted molar refractivity (Wildman–Crippen MR) is 55.0 cm³/mol. The maximum Gasteiger partial charge on any atom is 0.187 e. The Labute approximate surface area is 83.9 Å². The number of hydrogen-bond acceptors (Lipinski definition) is 1. The molecule has 1 nitrogen and oxygen atoms in total. The van der Waals surface area contributed by atoms with Gasteiger partial charge in [0.1, 0.15) is 0 Å². The summed E-state index contributed by atoms with van der Waals surface area (Å²) >= 11 is 0. The molecule has 1 aromatic rings. The van der Waals surface area contributed by atoms with Gasteiger partial charge in [-0.2, -0.15) is 0 Å². The van der Waals surface area contributed by atoms with Crippen LogP contribution in [0.4, 0.5) is 4.39 Å². The zero-order valence-electron chi connectivity index (χ0n) is 8.59. The molecule has 0 saturated carbocycles. The number of aryl methyl sites for hydroxylation is 1. The van der Waals surface area contributed by atoms with Gasteiger partial charge >= 0.3 is 0 Å². The van der Waals surface area contributed by atoms with Crippen LogP contribution in [0.15, 0.2) is 24.3 Å². The molecule has 0 spiro atoms. The third kappa shape index (κ3) is 2.41. The summed E-state index contributed by atoms with van der Waals surface area (Å²) in [5.41, 5.74) is -0.335. The lowest BCUT2D eigenvalue weighted by molar-refractivity contribution is -0.117. The van der Waals surface area contributed by atoms with Crippen LogP contribution in [0.3, 0.4) is 0 Å². The summed E-state index contributed by atoms with van der Waals surface area (Å²) < 4.78 is 13.6. The zero-order chi connectivity index (χ0) is 10.6. The molecule has 1 unspecified atom stereocenters. The number of carbonyl (C=O) groups is 1. The first-order chi connectivity index (χ1) is 6.60. The highest BCUT2D eigenvalue weighted by Gasteiger charge is 2.24. The molecule has 0 aliphatic rings. The van der Waals surface area contributed by atoms with Gasteiger partial charge in [-0.1, -0.05) is 37.6 Å². The zero-order valence-corrected chi connectivity index (χ0v) is 8.59. The number of alkyl halides is 1. The highest BCUT2D eigenvalue weighted by molar-refractivity contribution is 5.65. The molecular weight excluding hydrogens is 179 g/mol. The summed E-state index contributed by atoms with van der Waals surface area (Å²) in [4.78, 5) is 10.5. The maximum absolute atomic E-state index is 13.6. The molecule has 0 bridgehead atoms. The van der Waals surface area contributed by atoms with E-state index in [9.17, 15) is 9.18 Å². The standard InChI is InChI=1S/C12H15FO/c1-3-5-10-6-4-7-11(8-10)12(2,13)9-14/h4,6-9H,3,5H2,1-2H3. The van der Waals surface area contributed by atoms with Gasteiger partial charge in [0.2, 0.25) is 0 Å². The average molecular weight is 194 g/mol. The quantitative estimate of drug-likeness (QED) is 0.673. The monoisotopic (exact) mass is 194 g/mol. The van der Waals surface area contributed by atoms with Gasteiger partial charge in [0, 0.05) is 0 Å². The molecule has 1 rings (SSSR count). The topological polar surface area (TPSA) is 17.1 Å². The number of rotatable bonds is 4. The molecule has 14 heavy (non-hydrogen) atoms. The van der Waals surface area contributed by atoms with Gasteiger partial charge in [-0.25, -0.2) is 4.39 Å². The average Bonchev–Trinajstić information content (AvgIpc) is 2.19. The fourth-order valence-corrected chi connectivity index (χ4v) is 1.39. The summed E-state index contributed by atoms with van der Waals surface area (Å²) in [5, 5.41) is 0. The lowest BCUT2D eigenvalue weighted by Crippen LogP contribution is -2.16. The first-order valence-corrected chi connectivity index (χ1v) is 4.85. The Morgan fingerprint density at radius 3 is 2.79 bits per heavy atom. The third-order valence-electron chi connectivity index (χ3n) is 2.25. The number of benzene rings is 1. The second kappa shape index (κ2) is 4.36. The summed E-state index contributed by atoms with van der Waals surface area (Å²) in [6.45, 7) is 3.35. The Morgan fingerprint density at radius 1 is 1.50 bits per heavy atom. The van der Waals surface area contributed by atoms with E-state index in [0.717, 1.165) is 18.4 Å². The summed E-state index contributed by atoms with van der Waals surface area (Å²) in [6.07, 6.45) is 2.29. The van der Waals surface area contributed by atoms with Gasteiger partial charge in [-0.3, -0.25) is 4.79 Å². The van der Waals surface area contributed by atoms with Crippen molar-refractivity contribution >= 4 is 6.29 Å². The van der Waals surface area contributed by atoms with Crippen molar-refractivity contribution in [2.24, 2.45) is 0 Å². The van der Waals surface area contributed by atoms with Crippen LogP contribution in [0, 0.1) is 0 Å². The van der Waals surface area contributed by atoms with Crippen LogP contribution in [0.5, 0.6) is 0 Å². The van der Waals surface area contributed by atoms with Gasteiger partial charge in [0.05, 0.1) is 0 Å². The van der Waals surface area contributed by atoms with Crippen molar-refractivity contribution in [3.05, 3.63) is 35.4 Å². The molecular formula is C12H15FO. The Bertz CT molecular complexity index is 318. The fraction of sp³-hybridized carbons (Fsp3) is 0.417. The van der Waals surface area contributed by atoms with Crippen LogP contribution in [-0.2, 0) is 16.9 Å². The van der Waals surface area contributed by atoms with Crippen LogP contribution in [0.25, 0.3) is 0 Å². The summed E-state index contributed by atoms with van der Waals surface area (Å²) in [7, 11) is 0. The number of hydrogen-bond donors (Lipinski definition) is 0. The van der Waals surface area contributed by atoms with E-state index < -0.39 is 5.67 Å². The summed E-state index contributed by atoms with van der Waals surface area (Å²) in [5.74, 6) is 0. The molecule has 0 amide bonds. The number of halogens is 1. The molecule has 0 heterocycles. The van der Waals surface area contributed by atoms with E-state index in [-0.39, 0.29) is 0 Å². The predicted octanol–water partition coefficient (Wildman–Crippen LogP) is 3.02. The molecule has 0 saturated heterocycles. The molecule has 0 aliphatic carbocycles. The van der Waals surface area contributed by atoms with Crippen LogP contribution < -0.4 is 0 Å². The van der Waals surface area contributed by atoms with Crippen LogP contribution in [-0.4, -0.2) is 6.29 Å². The largest absolute Gasteiger partial charge is 0.299 e. The second-order valence-electron chi connectivity index (χ2n) is 3.64. The number of carbonyl (C=O) groups excluding carboxylic acids is 1. The number of aldehydes is 1. The molecule has 76 valence electrons. The van der Waals surface area contributed by atoms with Gasteiger partial charge in [0.25, 0.3) is 0 Å². The molecule has 0 aromatic heterocycles. The Balaban J connectivity index is 2.99. The van der Waals surface area contributed by atoms with E-state index in [0.29, 0.717) is 11.8 Å². The molecule has 0 N–H and O–H groups in total.